The summed E-state index contributed by atoms with van der Waals surface area (Å²) in [5.74, 6) is -0.625. The molecule has 2 N–H and O–H groups in total. The van der Waals surface area contributed by atoms with Gasteiger partial charge in [0.2, 0.25) is 10.0 Å². The van der Waals surface area contributed by atoms with Gasteiger partial charge in [0.1, 0.15) is 0 Å². The third-order valence-corrected chi connectivity index (χ3v) is 4.30. The van der Waals surface area contributed by atoms with Crippen molar-refractivity contribution in [2.45, 2.75) is 40.5 Å². The van der Waals surface area contributed by atoms with E-state index in [0.717, 1.165) is 0 Å². The molecule has 6 heteroatoms. The van der Waals surface area contributed by atoms with Gasteiger partial charge in [-0.3, -0.25) is 4.79 Å². The van der Waals surface area contributed by atoms with Crippen LogP contribution < -0.4 is 4.72 Å². The van der Waals surface area contributed by atoms with Gasteiger partial charge in [-0.25, -0.2) is 13.1 Å². The number of aliphatic carboxylic acids is 1. The van der Waals surface area contributed by atoms with Crippen LogP contribution in [0.1, 0.15) is 40.5 Å². The number of sulfonamides is 1. The largest absolute Gasteiger partial charge is 0.481 e. The third kappa shape index (κ3) is 6.02. The Bertz CT molecular complexity index is 350. The van der Waals surface area contributed by atoms with E-state index in [-0.39, 0.29) is 12.3 Å². The fourth-order valence-corrected chi connectivity index (χ4v) is 2.55. The number of hydrogen-bond acceptors (Lipinski definition) is 3. The molecule has 0 rings (SSSR count). The molecule has 1 atom stereocenters. The maximum absolute atomic E-state index is 11.6. The van der Waals surface area contributed by atoms with E-state index in [4.69, 9.17) is 5.11 Å². The number of rotatable bonds is 8. The van der Waals surface area contributed by atoms with Crippen LogP contribution in [0.25, 0.3) is 0 Å². The van der Waals surface area contributed by atoms with Crippen molar-refractivity contribution in [2.75, 3.05) is 12.3 Å². The van der Waals surface area contributed by atoms with Crippen molar-refractivity contribution in [1.29, 1.82) is 0 Å². The molecule has 0 aliphatic rings. The highest BCUT2D eigenvalue weighted by Gasteiger charge is 2.32. The lowest BCUT2D eigenvalue weighted by Crippen LogP contribution is -2.41. The SMILES string of the molecule is CCC(C)(CNS(=O)(=O)CCC(C)C)C(=O)O. The molecule has 0 aliphatic heterocycles. The van der Waals surface area contributed by atoms with Crippen LogP contribution in [-0.2, 0) is 14.8 Å². The van der Waals surface area contributed by atoms with Gasteiger partial charge >= 0.3 is 5.97 Å². The van der Waals surface area contributed by atoms with Crippen LogP contribution in [0.4, 0.5) is 0 Å². The lowest BCUT2D eigenvalue weighted by molar-refractivity contribution is -0.147. The average molecular weight is 265 g/mol. The minimum atomic E-state index is -3.37. The second-order valence-electron chi connectivity index (χ2n) is 5.04. The molecule has 5 nitrogen and oxygen atoms in total. The van der Waals surface area contributed by atoms with E-state index in [0.29, 0.717) is 18.8 Å². The molecule has 0 aromatic rings. The van der Waals surface area contributed by atoms with E-state index in [1.807, 2.05) is 13.8 Å². The molecule has 0 aliphatic carbocycles. The fraction of sp³-hybridized carbons (Fsp3) is 0.909. The van der Waals surface area contributed by atoms with Crippen LogP contribution in [0, 0.1) is 11.3 Å². The lowest BCUT2D eigenvalue weighted by atomic mass is 9.88. The maximum Gasteiger partial charge on any atom is 0.310 e. The topological polar surface area (TPSA) is 83.5 Å². The summed E-state index contributed by atoms with van der Waals surface area (Å²) in [4.78, 5) is 11.0. The lowest BCUT2D eigenvalue weighted by Gasteiger charge is -2.23. The van der Waals surface area contributed by atoms with E-state index < -0.39 is 21.4 Å². The van der Waals surface area contributed by atoms with Crippen molar-refractivity contribution in [3.05, 3.63) is 0 Å². The molecule has 0 saturated carbocycles. The van der Waals surface area contributed by atoms with E-state index in [1.165, 1.54) is 0 Å². The minimum absolute atomic E-state index is 0.0457. The number of carboxylic acid groups (broad SMARTS) is 1. The Labute approximate surface area is 104 Å². The van der Waals surface area contributed by atoms with Crippen LogP contribution in [0.2, 0.25) is 0 Å². The summed E-state index contributed by atoms with van der Waals surface area (Å²) in [6.07, 6.45) is 0.959. The Balaban J connectivity index is 4.40. The van der Waals surface area contributed by atoms with Crippen LogP contribution in [0.15, 0.2) is 0 Å². The van der Waals surface area contributed by atoms with Gasteiger partial charge in [0.25, 0.3) is 0 Å². The number of carbonyl (C=O) groups is 1. The van der Waals surface area contributed by atoms with Crippen LogP contribution in [0.3, 0.4) is 0 Å². The standard InChI is InChI=1S/C11H23NO4S/c1-5-11(4,10(13)14)8-12-17(15,16)7-6-9(2)3/h9,12H,5-8H2,1-4H3,(H,13,14). The number of carboxylic acids is 1. The van der Waals surface area contributed by atoms with Crippen molar-refractivity contribution in [3.63, 3.8) is 0 Å². The van der Waals surface area contributed by atoms with E-state index in [1.54, 1.807) is 13.8 Å². The molecule has 102 valence electrons. The summed E-state index contributed by atoms with van der Waals surface area (Å²) in [7, 11) is -3.37. The van der Waals surface area contributed by atoms with Crippen molar-refractivity contribution in [2.24, 2.45) is 11.3 Å². The zero-order valence-electron chi connectivity index (χ0n) is 11.0. The monoisotopic (exact) mass is 265 g/mol. The average Bonchev–Trinajstić information content (AvgIpc) is 2.23. The smallest absolute Gasteiger partial charge is 0.310 e. The quantitative estimate of drug-likeness (QED) is 0.696. The third-order valence-electron chi connectivity index (χ3n) is 2.94. The molecule has 0 spiro atoms. The molecule has 0 radical (unpaired) electrons. The molecular weight excluding hydrogens is 242 g/mol. The molecule has 1 unspecified atom stereocenters. The Hall–Kier alpha value is -0.620. The van der Waals surface area contributed by atoms with E-state index in [9.17, 15) is 13.2 Å². The first-order valence-corrected chi connectivity index (χ1v) is 7.49. The Morgan fingerprint density at radius 2 is 1.94 bits per heavy atom. The highest BCUT2D eigenvalue weighted by molar-refractivity contribution is 7.89. The predicted octanol–water partition coefficient (Wildman–Crippen LogP) is 1.45. The van der Waals surface area contributed by atoms with Gasteiger partial charge in [-0.05, 0) is 25.7 Å². The van der Waals surface area contributed by atoms with Crippen LogP contribution in [-0.4, -0.2) is 31.8 Å². The Morgan fingerprint density at radius 1 is 1.41 bits per heavy atom. The zero-order chi connectivity index (χ0) is 13.7. The van der Waals surface area contributed by atoms with Gasteiger partial charge in [-0.2, -0.15) is 0 Å². The van der Waals surface area contributed by atoms with E-state index >= 15 is 0 Å². The normalized spacial score (nSPS) is 15.8. The fourth-order valence-electron chi connectivity index (χ4n) is 1.08. The molecule has 0 fully saturated rings. The Morgan fingerprint density at radius 3 is 2.29 bits per heavy atom. The summed E-state index contributed by atoms with van der Waals surface area (Å²) in [5, 5.41) is 9.01. The molecule has 0 aromatic carbocycles. The van der Waals surface area contributed by atoms with Gasteiger partial charge in [0, 0.05) is 6.54 Å². The Kier molecular flexibility index (Phi) is 6.12. The van der Waals surface area contributed by atoms with E-state index in [2.05, 4.69) is 4.72 Å². The van der Waals surface area contributed by atoms with Crippen LogP contribution in [0.5, 0.6) is 0 Å². The highest BCUT2D eigenvalue weighted by Crippen LogP contribution is 2.20. The first-order valence-electron chi connectivity index (χ1n) is 5.83. The van der Waals surface area contributed by atoms with Crippen molar-refractivity contribution < 1.29 is 18.3 Å². The van der Waals surface area contributed by atoms with Crippen molar-refractivity contribution in [3.8, 4) is 0 Å². The molecule has 0 bridgehead atoms. The van der Waals surface area contributed by atoms with Gasteiger partial charge < -0.3 is 5.11 Å². The summed E-state index contributed by atoms with van der Waals surface area (Å²) < 4.78 is 25.6. The van der Waals surface area contributed by atoms with Crippen LogP contribution >= 0.6 is 0 Å². The first kappa shape index (κ1) is 16.4. The maximum atomic E-state index is 11.6. The highest BCUT2D eigenvalue weighted by atomic mass is 32.2. The second kappa shape index (κ2) is 6.35. The molecule has 0 heterocycles. The first-order chi connectivity index (χ1) is 7.63. The molecule has 0 amide bonds. The van der Waals surface area contributed by atoms with Crippen molar-refractivity contribution in [1.82, 2.24) is 4.72 Å². The van der Waals surface area contributed by atoms with Gasteiger partial charge in [-0.15, -0.1) is 0 Å². The number of nitrogens with one attached hydrogen (secondary N) is 1. The molecule has 17 heavy (non-hydrogen) atoms. The second-order valence-corrected chi connectivity index (χ2v) is 6.97. The summed E-state index contributed by atoms with van der Waals surface area (Å²) in [5.41, 5.74) is -1.04. The summed E-state index contributed by atoms with van der Waals surface area (Å²) in [6.45, 7) is 7.11. The van der Waals surface area contributed by atoms with Crippen molar-refractivity contribution >= 4 is 16.0 Å². The minimum Gasteiger partial charge on any atom is -0.481 e. The zero-order valence-corrected chi connectivity index (χ0v) is 11.8. The van der Waals surface area contributed by atoms with Gasteiger partial charge in [-0.1, -0.05) is 20.8 Å². The van der Waals surface area contributed by atoms with Gasteiger partial charge in [0.15, 0.2) is 0 Å². The molecule has 0 saturated heterocycles. The number of hydrogen-bond donors (Lipinski definition) is 2. The predicted molar refractivity (Wildman–Crippen MR) is 67.3 cm³/mol. The molecule has 0 aromatic heterocycles. The summed E-state index contributed by atoms with van der Waals surface area (Å²) in [6, 6.07) is 0. The van der Waals surface area contributed by atoms with Gasteiger partial charge in [0.05, 0.1) is 11.2 Å². The molecular formula is C11H23NO4S. The summed E-state index contributed by atoms with van der Waals surface area (Å²) >= 11 is 0.